The summed E-state index contributed by atoms with van der Waals surface area (Å²) in [6.45, 7) is 4.29. The number of nitrogens with zero attached hydrogens (tertiary/aromatic N) is 3. The molecule has 0 bridgehead atoms. The van der Waals surface area contributed by atoms with E-state index >= 15 is 0 Å². The standard InChI is InChI=1S/C11H18N3/c1-2-7-13-9-10-14(11-13)8-5-3-4-6-12/h9-11H,2-5,7-8H2,1H3/q+1. The largest absolute Gasteiger partial charge is 0.243 e. The Morgan fingerprint density at radius 1 is 1.43 bits per heavy atom. The van der Waals surface area contributed by atoms with Crippen molar-refractivity contribution in [3.05, 3.63) is 18.7 Å². The van der Waals surface area contributed by atoms with E-state index in [0.717, 1.165) is 25.9 Å². The molecule has 14 heavy (non-hydrogen) atoms. The SMILES string of the molecule is CCC[n+]1ccn(CCCCC#N)c1. The molecule has 0 aliphatic carbocycles. The van der Waals surface area contributed by atoms with Crippen molar-refractivity contribution in [2.45, 2.75) is 45.7 Å². The van der Waals surface area contributed by atoms with Gasteiger partial charge in [0.25, 0.3) is 0 Å². The predicted molar refractivity (Wildman–Crippen MR) is 54.4 cm³/mol. The summed E-state index contributed by atoms with van der Waals surface area (Å²) in [5.41, 5.74) is 0. The van der Waals surface area contributed by atoms with Crippen molar-refractivity contribution >= 4 is 0 Å². The van der Waals surface area contributed by atoms with Gasteiger partial charge in [-0.25, -0.2) is 9.13 Å². The Bertz CT molecular complexity index is 296. The van der Waals surface area contributed by atoms with Crippen LogP contribution in [-0.4, -0.2) is 4.57 Å². The maximum atomic E-state index is 8.38. The zero-order valence-electron chi connectivity index (χ0n) is 8.82. The molecule has 1 rings (SSSR count). The van der Waals surface area contributed by atoms with Crippen LogP contribution in [0.4, 0.5) is 0 Å². The molecule has 0 atom stereocenters. The number of aryl methyl sites for hydroxylation is 2. The van der Waals surface area contributed by atoms with Crippen LogP contribution >= 0.6 is 0 Å². The molecule has 0 N–H and O–H groups in total. The first-order chi connectivity index (χ1) is 6.86. The van der Waals surface area contributed by atoms with Gasteiger partial charge in [-0.3, -0.25) is 0 Å². The van der Waals surface area contributed by atoms with Gasteiger partial charge in [0, 0.05) is 6.42 Å². The first kappa shape index (κ1) is 10.8. The second-order valence-electron chi connectivity index (χ2n) is 3.50. The molecule has 0 aliphatic rings. The molecule has 0 fully saturated rings. The Balaban J connectivity index is 2.26. The summed E-state index contributed by atoms with van der Waals surface area (Å²) in [4.78, 5) is 0. The second kappa shape index (κ2) is 6.20. The van der Waals surface area contributed by atoms with Crippen LogP contribution in [0.1, 0.15) is 32.6 Å². The van der Waals surface area contributed by atoms with E-state index in [1.165, 1.54) is 6.42 Å². The minimum absolute atomic E-state index is 0.677. The third-order valence-electron chi connectivity index (χ3n) is 2.18. The number of nitriles is 1. The van der Waals surface area contributed by atoms with E-state index in [2.05, 4.69) is 40.8 Å². The molecule has 3 nitrogen and oxygen atoms in total. The van der Waals surface area contributed by atoms with Crippen LogP contribution in [-0.2, 0) is 13.1 Å². The van der Waals surface area contributed by atoms with E-state index in [-0.39, 0.29) is 0 Å². The molecular weight excluding hydrogens is 174 g/mol. The van der Waals surface area contributed by atoms with Gasteiger partial charge in [-0.05, 0) is 19.3 Å². The van der Waals surface area contributed by atoms with E-state index in [4.69, 9.17) is 5.26 Å². The van der Waals surface area contributed by atoms with Gasteiger partial charge in [-0.15, -0.1) is 0 Å². The van der Waals surface area contributed by atoms with Gasteiger partial charge >= 0.3 is 0 Å². The van der Waals surface area contributed by atoms with Crippen LogP contribution < -0.4 is 4.57 Å². The lowest BCUT2D eigenvalue weighted by molar-refractivity contribution is -0.696. The Kier molecular flexibility index (Phi) is 4.77. The lowest BCUT2D eigenvalue weighted by Crippen LogP contribution is -2.30. The Morgan fingerprint density at radius 3 is 3.00 bits per heavy atom. The van der Waals surface area contributed by atoms with Crippen LogP contribution in [0.3, 0.4) is 0 Å². The van der Waals surface area contributed by atoms with Crippen molar-refractivity contribution in [1.29, 1.82) is 5.26 Å². The Hall–Kier alpha value is -1.30. The molecule has 0 radical (unpaired) electrons. The highest BCUT2D eigenvalue weighted by molar-refractivity contribution is 4.70. The monoisotopic (exact) mass is 192 g/mol. The molecule has 76 valence electrons. The lowest BCUT2D eigenvalue weighted by Gasteiger charge is -1.93. The fourth-order valence-electron chi connectivity index (χ4n) is 1.46. The Labute approximate surface area is 85.6 Å². The molecule has 0 spiro atoms. The fourth-order valence-corrected chi connectivity index (χ4v) is 1.46. The normalized spacial score (nSPS) is 10.0. The van der Waals surface area contributed by atoms with Gasteiger partial charge in [0.2, 0.25) is 6.33 Å². The minimum Gasteiger partial charge on any atom is -0.237 e. The van der Waals surface area contributed by atoms with Gasteiger partial charge in [-0.2, -0.15) is 5.26 Å². The van der Waals surface area contributed by atoms with E-state index in [1.807, 2.05) is 0 Å². The van der Waals surface area contributed by atoms with Crippen molar-refractivity contribution in [3.8, 4) is 6.07 Å². The van der Waals surface area contributed by atoms with Crippen LogP contribution in [0, 0.1) is 11.3 Å². The summed E-state index contributed by atoms with van der Waals surface area (Å²) in [6.07, 6.45) is 10.3. The lowest BCUT2D eigenvalue weighted by atomic mass is 10.2. The molecule has 0 amide bonds. The summed E-state index contributed by atoms with van der Waals surface area (Å²) >= 11 is 0. The van der Waals surface area contributed by atoms with Crippen molar-refractivity contribution in [2.24, 2.45) is 0 Å². The first-order valence-corrected chi connectivity index (χ1v) is 5.28. The third kappa shape index (κ3) is 3.61. The molecule has 0 aliphatic heterocycles. The van der Waals surface area contributed by atoms with Crippen molar-refractivity contribution in [2.75, 3.05) is 0 Å². The maximum absolute atomic E-state index is 8.38. The average molecular weight is 192 g/mol. The third-order valence-corrected chi connectivity index (χ3v) is 2.18. The summed E-state index contributed by atoms with van der Waals surface area (Å²) in [7, 11) is 0. The zero-order chi connectivity index (χ0) is 10.2. The highest BCUT2D eigenvalue weighted by atomic mass is 15.1. The smallest absolute Gasteiger partial charge is 0.237 e. The average Bonchev–Trinajstić information content (AvgIpc) is 2.61. The van der Waals surface area contributed by atoms with Gasteiger partial charge in [0.15, 0.2) is 0 Å². The second-order valence-corrected chi connectivity index (χ2v) is 3.50. The molecule has 1 aromatic heterocycles. The number of imidazole rings is 1. The van der Waals surface area contributed by atoms with Gasteiger partial charge in [0.1, 0.15) is 12.4 Å². The summed E-state index contributed by atoms with van der Waals surface area (Å²) < 4.78 is 4.39. The molecule has 0 saturated heterocycles. The number of hydrogen-bond acceptors (Lipinski definition) is 1. The highest BCUT2D eigenvalue weighted by Gasteiger charge is 2.01. The van der Waals surface area contributed by atoms with E-state index in [9.17, 15) is 0 Å². The van der Waals surface area contributed by atoms with Crippen LogP contribution in [0.5, 0.6) is 0 Å². The van der Waals surface area contributed by atoms with E-state index in [1.54, 1.807) is 0 Å². The van der Waals surface area contributed by atoms with Crippen molar-refractivity contribution in [3.63, 3.8) is 0 Å². The van der Waals surface area contributed by atoms with E-state index in [0.29, 0.717) is 6.42 Å². The van der Waals surface area contributed by atoms with Gasteiger partial charge in [-0.1, -0.05) is 6.92 Å². The quantitative estimate of drug-likeness (QED) is 0.500. The zero-order valence-corrected chi connectivity index (χ0v) is 8.82. The summed E-state index contributed by atoms with van der Waals surface area (Å²) in [5, 5.41) is 8.38. The van der Waals surface area contributed by atoms with Gasteiger partial charge < -0.3 is 0 Å². The number of unbranched alkanes of at least 4 members (excludes halogenated alkanes) is 2. The summed E-state index contributed by atoms with van der Waals surface area (Å²) in [5.74, 6) is 0. The summed E-state index contributed by atoms with van der Waals surface area (Å²) in [6, 6.07) is 2.17. The molecule has 0 unspecified atom stereocenters. The molecule has 0 aromatic carbocycles. The predicted octanol–water partition coefficient (Wildman–Crippen LogP) is 1.88. The van der Waals surface area contributed by atoms with E-state index < -0.39 is 0 Å². The van der Waals surface area contributed by atoms with Crippen molar-refractivity contribution < 1.29 is 4.57 Å². The molecule has 0 saturated carbocycles. The number of hydrogen-bond donors (Lipinski definition) is 0. The number of rotatable bonds is 6. The van der Waals surface area contributed by atoms with Crippen LogP contribution in [0.25, 0.3) is 0 Å². The molecular formula is C11H18N3+. The van der Waals surface area contributed by atoms with Gasteiger partial charge in [0.05, 0.1) is 19.2 Å². The molecule has 1 aromatic rings. The Morgan fingerprint density at radius 2 is 2.29 bits per heavy atom. The molecule has 3 heteroatoms. The van der Waals surface area contributed by atoms with Crippen LogP contribution in [0.15, 0.2) is 18.7 Å². The minimum atomic E-state index is 0.677. The maximum Gasteiger partial charge on any atom is 0.243 e. The topological polar surface area (TPSA) is 32.6 Å². The highest BCUT2D eigenvalue weighted by Crippen LogP contribution is 1.97. The van der Waals surface area contributed by atoms with Crippen LogP contribution in [0.2, 0.25) is 0 Å². The number of aromatic nitrogens is 2. The fraction of sp³-hybridized carbons (Fsp3) is 0.636. The van der Waals surface area contributed by atoms with Crippen molar-refractivity contribution in [1.82, 2.24) is 4.57 Å². The first-order valence-electron chi connectivity index (χ1n) is 5.28. The molecule has 1 heterocycles.